The maximum Gasteiger partial charge on any atom is 0.0424 e. The van der Waals surface area contributed by atoms with Gasteiger partial charge in [0, 0.05) is 28.0 Å². The van der Waals surface area contributed by atoms with Gasteiger partial charge >= 0.3 is 0 Å². The second-order valence-corrected chi connectivity index (χ2v) is 6.53. The molecule has 92 valence electrons. The minimum atomic E-state index is 0.455. The second kappa shape index (κ2) is 6.49. The van der Waals surface area contributed by atoms with Gasteiger partial charge in [-0.15, -0.1) is 23.7 Å². The number of hydrogen-bond donors (Lipinski definition) is 1. The SMILES string of the molecule is C#CCCC(NCC)c1cc2c(s1)CCSC2. The number of aryl methyl sites for hydroxylation is 1. The van der Waals surface area contributed by atoms with Crippen LogP contribution in [0.5, 0.6) is 0 Å². The van der Waals surface area contributed by atoms with Crippen molar-refractivity contribution in [1.29, 1.82) is 0 Å². The molecular formula is C14H19NS2. The molecule has 1 atom stereocenters. The first-order chi connectivity index (χ1) is 8.35. The monoisotopic (exact) mass is 265 g/mol. The summed E-state index contributed by atoms with van der Waals surface area (Å²) in [7, 11) is 0. The van der Waals surface area contributed by atoms with Crippen LogP contribution in [0.3, 0.4) is 0 Å². The van der Waals surface area contributed by atoms with Gasteiger partial charge in [-0.25, -0.2) is 0 Å². The van der Waals surface area contributed by atoms with Gasteiger partial charge in [-0.05, 0) is 36.8 Å². The highest BCUT2D eigenvalue weighted by Crippen LogP contribution is 2.35. The number of thiophene rings is 1. The summed E-state index contributed by atoms with van der Waals surface area (Å²) in [6, 6.07) is 2.85. The van der Waals surface area contributed by atoms with Gasteiger partial charge in [-0.1, -0.05) is 6.92 Å². The van der Waals surface area contributed by atoms with Crippen LogP contribution in [0.15, 0.2) is 6.07 Å². The largest absolute Gasteiger partial charge is 0.309 e. The number of hydrogen-bond acceptors (Lipinski definition) is 3. The summed E-state index contributed by atoms with van der Waals surface area (Å²) in [6.07, 6.45) is 8.53. The van der Waals surface area contributed by atoms with E-state index in [1.165, 1.54) is 22.8 Å². The van der Waals surface area contributed by atoms with E-state index in [4.69, 9.17) is 6.42 Å². The third kappa shape index (κ3) is 3.28. The van der Waals surface area contributed by atoms with Crippen molar-refractivity contribution in [2.75, 3.05) is 12.3 Å². The molecule has 2 heterocycles. The van der Waals surface area contributed by atoms with E-state index in [9.17, 15) is 0 Å². The van der Waals surface area contributed by atoms with Crippen molar-refractivity contribution in [2.24, 2.45) is 0 Å². The molecule has 0 spiro atoms. The van der Waals surface area contributed by atoms with Gasteiger partial charge in [0.05, 0.1) is 0 Å². The van der Waals surface area contributed by atoms with E-state index < -0.39 is 0 Å². The van der Waals surface area contributed by atoms with E-state index in [1.54, 1.807) is 10.4 Å². The van der Waals surface area contributed by atoms with Gasteiger partial charge in [0.15, 0.2) is 0 Å². The standard InChI is InChI=1S/C14H19NS2/c1-3-5-6-12(15-4-2)14-9-11-10-16-8-7-13(11)17-14/h1,9,12,15H,4-8,10H2,2H3. The van der Waals surface area contributed by atoms with Gasteiger partial charge in [-0.2, -0.15) is 11.8 Å². The molecule has 0 radical (unpaired) electrons. The lowest BCUT2D eigenvalue weighted by Gasteiger charge is -2.14. The number of rotatable bonds is 5. The van der Waals surface area contributed by atoms with Crippen LogP contribution < -0.4 is 5.32 Å². The van der Waals surface area contributed by atoms with Crippen molar-refractivity contribution in [3.05, 3.63) is 21.4 Å². The van der Waals surface area contributed by atoms with Gasteiger partial charge in [0.1, 0.15) is 0 Å². The van der Waals surface area contributed by atoms with Gasteiger partial charge in [0.25, 0.3) is 0 Å². The number of nitrogens with one attached hydrogen (secondary N) is 1. The third-order valence-corrected chi connectivity index (χ3v) is 5.38. The quantitative estimate of drug-likeness (QED) is 0.816. The Bertz CT molecular complexity index is 379. The van der Waals surface area contributed by atoms with Crippen LogP contribution in [-0.2, 0) is 12.2 Å². The first kappa shape index (κ1) is 13.0. The van der Waals surface area contributed by atoms with Crippen LogP contribution in [0.4, 0.5) is 0 Å². The number of fused-ring (bicyclic) bond motifs is 1. The predicted octanol–water partition coefficient (Wildman–Crippen LogP) is 3.60. The van der Waals surface area contributed by atoms with Crippen molar-refractivity contribution in [1.82, 2.24) is 5.32 Å². The number of terminal acetylenes is 1. The van der Waals surface area contributed by atoms with Crippen LogP contribution in [0.2, 0.25) is 0 Å². The van der Waals surface area contributed by atoms with E-state index in [0.29, 0.717) is 6.04 Å². The minimum absolute atomic E-state index is 0.455. The molecule has 1 aliphatic rings. The molecule has 1 aliphatic heterocycles. The molecule has 0 amide bonds. The molecular weight excluding hydrogens is 246 g/mol. The fraction of sp³-hybridized carbons (Fsp3) is 0.571. The smallest absolute Gasteiger partial charge is 0.0424 e. The molecule has 2 rings (SSSR count). The molecule has 1 aromatic rings. The van der Waals surface area contributed by atoms with Crippen molar-refractivity contribution in [3.8, 4) is 12.3 Å². The Hall–Kier alpha value is -0.430. The highest BCUT2D eigenvalue weighted by molar-refractivity contribution is 7.98. The highest BCUT2D eigenvalue weighted by Gasteiger charge is 2.18. The molecule has 17 heavy (non-hydrogen) atoms. The average Bonchev–Trinajstić information content (AvgIpc) is 2.78. The number of thioether (sulfide) groups is 1. The zero-order valence-electron chi connectivity index (χ0n) is 10.3. The van der Waals surface area contributed by atoms with E-state index in [0.717, 1.165) is 19.4 Å². The molecule has 0 bridgehead atoms. The second-order valence-electron chi connectivity index (χ2n) is 4.25. The lowest BCUT2D eigenvalue weighted by molar-refractivity contribution is 0.530. The Kier molecular flexibility index (Phi) is 4.97. The summed E-state index contributed by atoms with van der Waals surface area (Å²) in [6.45, 7) is 3.17. The molecule has 0 aromatic carbocycles. The lowest BCUT2D eigenvalue weighted by atomic mass is 10.1. The zero-order chi connectivity index (χ0) is 12.1. The van der Waals surface area contributed by atoms with Crippen LogP contribution >= 0.6 is 23.1 Å². The molecule has 1 nitrogen and oxygen atoms in total. The Balaban J connectivity index is 2.12. The van der Waals surface area contributed by atoms with Crippen molar-refractivity contribution < 1.29 is 0 Å². The van der Waals surface area contributed by atoms with Gasteiger partial charge < -0.3 is 5.32 Å². The summed E-state index contributed by atoms with van der Waals surface area (Å²) in [5.41, 5.74) is 1.56. The predicted molar refractivity (Wildman–Crippen MR) is 78.7 cm³/mol. The van der Waals surface area contributed by atoms with E-state index in [-0.39, 0.29) is 0 Å². The molecule has 3 heteroatoms. The summed E-state index contributed by atoms with van der Waals surface area (Å²) < 4.78 is 0. The molecule has 0 saturated carbocycles. The fourth-order valence-corrected chi connectivity index (χ4v) is 4.65. The summed E-state index contributed by atoms with van der Waals surface area (Å²) in [5.74, 6) is 5.22. The van der Waals surface area contributed by atoms with Crippen LogP contribution in [-0.4, -0.2) is 12.3 Å². The van der Waals surface area contributed by atoms with Crippen molar-refractivity contribution in [3.63, 3.8) is 0 Å². The average molecular weight is 265 g/mol. The van der Waals surface area contributed by atoms with Crippen LogP contribution in [0.25, 0.3) is 0 Å². The van der Waals surface area contributed by atoms with Crippen molar-refractivity contribution in [2.45, 2.75) is 38.0 Å². The fourth-order valence-electron chi connectivity index (χ4n) is 2.16. The Morgan fingerprint density at radius 1 is 1.59 bits per heavy atom. The van der Waals surface area contributed by atoms with E-state index in [2.05, 4.69) is 24.2 Å². The highest BCUT2D eigenvalue weighted by atomic mass is 32.2. The summed E-state index contributed by atoms with van der Waals surface area (Å²) in [5, 5.41) is 3.55. The lowest BCUT2D eigenvalue weighted by Crippen LogP contribution is -2.19. The molecule has 0 saturated heterocycles. The first-order valence-corrected chi connectivity index (χ1v) is 8.18. The maximum absolute atomic E-state index is 5.37. The molecule has 1 aromatic heterocycles. The summed E-state index contributed by atoms with van der Waals surface area (Å²) in [4.78, 5) is 3.08. The Labute approximate surface area is 112 Å². The topological polar surface area (TPSA) is 12.0 Å². The van der Waals surface area contributed by atoms with Crippen molar-refractivity contribution >= 4 is 23.1 Å². The maximum atomic E-state index is 5.37. The molecule has 0 aliphatic carbocycles. The van der Waals surface area contributed by atoms with Crippen LogP contribution in [0.1, 0.15) is 41.1 Å². The third-order valence-electron chi connectivity index (χ3n) is 3.02. The molecule has 1 N–H and O–H groups in total. The molecule has 1 unspecified atom stereocenters. The van der Waals surface area contributed by atoms with Gasteiger partial charge in [0.2, 0.25) is 0 Å². The Morgan fingerprint density at radius 2 is 2.47 bits per heavy atom. The van der Waals surface area contributed by atoms with E-state index >= 15 is 0 Å². The van der Waals surface area contributed by atoms with Crippen LogP contribution in [0, 0.1) is 12.3 Å². The summed E-state index contributed by atoms with van der Waals surface area (Å²) >= 11 is 4.04. The minimum Gasteiger partial charge on any atom is -0.309 e. The first-order valence-electron chi connectivity index (χ1n) is 6.21. The van der Waals surface area contributed by atoms with Gasteiger partial charge in [-0.3, -0.25) is 0 Å². The van der Waals surface area contributed by atoms with E-state index in [1.807, 2.05) is 23.1 Å². The normalized spacial score (nSPS) is 16.2. The molecule has 0 fully saturated rings. The Morgan fingerprint density at radius 3 is 3.18 bits per heavy atom. The zero-order valence-corrected chi connectivity index (χ0v) is 11.9.